The lowest BCUT2D eigenvalue weighted by molar-refractivity contribution is -0.120. The van der Waals surface area contributed by atoms with Crippen LogP contribution in [0.25, 0.3) is 0 Å². The van der Waals surface area contributed by atoms with Gasteiger partial charge in [-0.3, -0.25) is 4.79 Å². The number of amides is 1. The number of hydrogen-bond acceptors (Lipinski definition) is 1. The summed E-state index contributed by atoms with van der Waals surface area (Å²) in [6.45, 7) is 5.95. The van der Waals surface area contributed by atoms with Crippen molar-refractivity contribution in [1.29, 1.82) is 0 Å². The first kappa shape index (κ1) is 11.2. The maximum atomic E-state index is 11.1. The van der Waals surface area contributed by atoms with Crippen molar-refractivity contribution in [2.75, 3.05) is 0 Å². The minimum absolute atomic E-state index is 0.138. The monoisotopic (exact) mass is 169 g/mol. The third-order valence-electron chi connectivity index (χ3n) is 1.78. The Morgan fingerprint density at radius 2 is 2.08 bits per heavy atom. The number of allylic oxidation sites excluding steroid dienone is 2. The summed E-state index contributed by atoms with van der Waals surface area (Å²) in [5.74, 6) is 0.138. The molecule has 0 aromatic rings. The molecular formula is C10H19NO. The summed E-state index contributed by atoms with van der Waals surface area (Å²) in [5.41, 5.74) is 0.941. The van der Waals surface area contributed by atoms with E-state index in [9.17, 15) is 4.79 Å². The van der Waals surface area contributed by atoms with Crippen LogP contribution in [-0.4, -0.2) is 5.91 Å². The number of unbranched alkanes of at least 4 members (excludes halogenated alkanes) is 2. The van der Waals surface area contributed by atoms with Gasteiger partial charge in [0.25, 0.3) is 0 Å². The van der Waals surface area contributed by atoms with Crippen LogP contribution >= 0.6 is 0 Å². The zero-order valence-corrected chi connectivity index (χ0v) is 8.31. The quantitative estimate of drug-likeness (QED) is 0.630. The van der Waals surface area contributed by atoms with Crippen LogP contribution in [0.1, 0.15) is 46.5 Å². The van der Waals surface area contributed by atoms with E-state index in [4.69, 9.17) is 0 Å². The molecule has 0 aliphatic carbocycles. The van der Waals surface area contributed by atoms with Gasteiger partial charge in [-0.2, -0.15) is 0 Å². The number of nitrogens with one attached hydrogen (secondary N) is 1. The average molecular weight is 169 g/mol. The maximum Gasteiger partial charge on any atom is 0.224 e. The van der Waals surface area contributed by atoms with Gasteiger partial charge in [0.1, 0.15) is 0 Å². The molecule has 0 saturated heterocycles. The van der Waals surface area contributed by atoms with E-state index in [-0.39, 0.29) is 5.91 Å². The molecule has 0 aliphatic heterocycles. The predicted octanol–water partition coefficient (Wildman–Crippen LogP) is 2.61. The maximum absolute atomic E-state index is 11.1. The van der Waals surface area contributed by atoms with Crippen LogP contribution in [0.4, 0.5) is 0 Å². The van der Waals surface area contributed by atoms with Gasteiger partial charge in [0, 0.05) is 12.1 Å². The van der Waals surface area contributed by atoms with Gasteiger partial charge in [-0.15, -0.1) is 0 Å². The van der Waals surface area contributed by atoms with Crippen LogP contribution in [0.15, 0.2) is 11.8 Å². The Labute approximate surface area is 75.0 Å². The first-order valence-corrected chi connectivity index (χ1v) is 4.63. The molecular weight excluding hydrogens is 150 g/mol. The Morgan fingerprint density at radius 1 is 1.42 bits per heavy atom. The summed E-state index contributed by atoms with van der Waals surface area (Å²) in [4.78, 5) is 11.1. The van der Waals surface area contributed by atoms with E-state index in [0.29, 0.717) is 6.42 Å². The third kappa shape index (κ3) is 5.96. The van der Waals surface area contributed by atoms with Crippen molar-refractivity contribution < 1.29 is 4.79 Å². The van der Waals surface area contributed by atoms with E-state index in [1.54, 1.807) is 0 Å². The van der Waals surface area contributed by atoms with Gasteiger partial charge in [-0.1, -0.05) is 25.8 Å². The van der Waals surface area contributed by atoms with E-state index in [0.717, 1.165) is 25.0 Å². The molecule has 0 rings (SSSR count). The molecule has 0 saturated carbocycles. The highest BCUT2D eigenvalue weighted by Crippen LogP contribution is 1.99. The fourth-order valence-electron chi connectivity index (χ4n) is 0.890. The van der Waals surface area contributed by atoms with E-state index in [1.807, 2.05) is 19.9 Å². The Kier molecular flexibility index (Phi) is 6.44. The highest BCUT2D eigenvalue weighted by Gasteiger charge is 1.99. The summed E-state index contributed by atoms with van der Waals surface area (Å²) in [5, 5.41) is 2.81. The molecule has 2 heteroatoms. The number of rotatable bonds is 5. The molecule has 0 heterocycles. The molecule has 0 fully saturated rings. The summed E-state index contributed by atoms with van der Waals surface area (Å²) < 4.78 is 0. The van der Waals surface area contributed by atoms with Crippen molar-refractivity contribution in [3.05, 3.63) is 11.8 Å². The van der Waals surface area contributed by atoms with Gasteiger partial charge in [0.15, 0.2) is 0 Å². The molecule has 70 valence electrons. The van der Waals surface area contributed by atoms with Crippen LogP contribution in [0, 0.1) is 0 Å². The highest BCUT2D eigenvalue weighted by molar-refractivity contribution is 5.77. The molecule has 12 heavy (non-hydrogen) atoms. The molecule has 2 nitrogen and oxygen atoms in total. The third-order valence-corrected chi connectivity index (χ3v) is 1.78. The van der Waals surface area contributed by atoms with Crippen LogP contribution in [0.5, 0.6) is 0 Å². The van der Waals surface area contributed by atoms with Crippen LogP contribution in [-0.2, 0) is 4.79 Å². The van der Waals surface area contributed by atoms with Crippen LogP contribution in [0.2, 0.25) is 0 Å². The highest BCUT2D eigenvalue weighted by atomic mass is 16.1. The van der Waals surface area contributed by atoms with Crippen molar-refractivity contribution in [1.82, 2.24) is 5.32 Å². The zero-order valence-electron chi connectivity index (χ0n) is 8.31. The Bertz CT molecular complexity index is 161. The average Bonchev–Trinajstić information content (AvgIpc) is 2.05. The lowest BCUT2D eigenvalue weighted by Gasteiger charge is -2.03. The number of hydrogen-bond donors (Lipinski definition) is 1. The van der Waals surface area contributed by atoms with Crippen LogP contribution in [0.3, 0.4) is 0 Å². The van der Waals surface area contributed by atoms with E-state index < -0.39 is 0 Å². The van der Waals surface area contributed by atoms with Gasteiger partial charge in [0.05, 0.1) is 0 Å². The molecule has 1 amide bonds. The van der Waals surface area contributed by atoms with Gasteiger partial charge in [0.2, 0.25) is 5.91 Å². The molecule has 0 aromatic carbocycles. The van der Waals surface area contributed by atoms with Gasteiger partial charge >= 0.3 is 0 Å². The van der Waals surface area contributed by atoms with E-state index in [1.165, 1.54) is 0 Å². The summed E-state index contributed by atoms with van der Waals surface area (Å²) in [7, 11) is 0. The molecule has 0 bridgehead atoms. The fraction of sp³-hybridized carbons (Fsp3) is 0.700. The topological polar surface area (TPSA) is 29.1 Å². The minimum atomic E-state index is 0.138. The second-order valence-electron chi connectivity index (χ2n) is 2.98. The van der Waals surface area contributed by atoms with E-state index >= 15 is 0 Å². The largest absolute Gasteiger partial charge is 0.330 e. The Morgan fingerprint density at radius 3 is 2.58 bits per heavy atom. The first-order valence-electron chi connectivity index (χ1n) is 4.63. The van der Waals surface area contributed by atoms with Gasteiger partial charge in [-0.05, 0) is 20.3 Å². The van der Waals surface area contributed by atoms with Crippen molar-refractivity contribution in [3.8, 4) is 0 Å². The standard InChI is InChI=1S/C10H19NO/c1-4-6-7-8-10(12)11-9(3)5-2/h5H,4,6-8H2,1-3H3,(H,11,12)/b9-5+. The van der Waals surface area contributed by atoms with Crippen molar-refractivity contribution in [2.45, 2.75) is 46.5 Å². The first-order chi connectivity index (χ1) is 5.70. The Hall–Kier alpha value is -0.790. The number of carbonyl (C=O) groups excluding carboxylic acids is 1. The van der Waals surface area contributed by atoms with Crippen molar-refractivity contribution in [2.24, 2.45) is 0 Å². The summed E-state index contributed by atoms with van der Waals surface area (Å²) >= 11 is 0. The fourth-order valence-corrected chi connectivity index (χ4v) is 0.890. The Balaban J connectivity index is 3.47. The summed E-state index contributed by atoms with van der Waals surface area (Å²) in [6.07, 6.45) is 5.86. The second kappa shape index (κ2) is 6.89. The van der Waals surface area contributed by atoms with Crippen molar-refractivity contribution >= 4 is 5.91 Å². The lowest BCUT2D eigenvalue weighted by Crippen LogP contribution is -2.20. The van der Waals surface area contributed by atoms with Gasteiger partial charge < -0.3 is 5.32 Å². The molecule has 0 unspecified atom stereocenters. The van der Waals surface area contributed by atoms with E-state index in [2.05, 4.69) is 12.2 Å². The molecule has 0 spiro atoms. The normalized spacial score (nSPS) is 11.4. The molecule has 0 atom stereocenters. The molecule has 0 radical (unpaired) electrons. The predicted molar refractivity (Wildman–Crippen MR) is 51.7 cm³/mol. The molecule has 1 N–H and O–H groups in total. The summed E-state index contributed by atoms with van der Waals surface area (Å²) in [6, 6.07) is 0. The molecule has 0 aromatic heterocycles. The second-order valence-corrected chi connectivity index (χ2v) is 2.98. The SMILES string of the molecule is C/C=C(\C)NC(=O)CCCCC. The zero-order chi connectivity index (χ0) is 9.40. The van der Waals surface area contributed by atoms with Crippen LogP contribution < -0.4 is 5.32 Å². The molecule has 0 aliphatic rings. The van der Waals surface area contributed by atoms with Crippen molar-refractivity contribution in [3.63, 3.8) is 0 Å². The minimum Gasteiger partial charge on any atom is -0.330 e. The lowest BCUT2D eigenvalue weighted by atomic mass is 10.2. The smallest absolute Gasteiger partial charge is 0.224 e. The number of carbonyl (C=O) groups is 1. The van der Waals surface area contributed by atoms with Gasteiger partial charge in [-0.25, -0.2) is 0 Å².